The molecule has 9 heteroatoms. The third kappa shape index (κ3) is 3.83. The highest BCUT2D eigenvalue weighted by Crippen LogP contribution is 2.29. The molecule has 31 heavy (non-hydrogen) atoms. The van der Waals surface area contributed by atoms with Crippen molar-refractivity contribution in [3.63, 3.8) is 0 Å². The predicted octanol–water partition coefficient (Wildman–Crippen LogP) is 2.74. The summed E-state index contributed by atoms with van der Waals surface area (Å²) in [6.45, 7) is 6.66. The summed E-state index contributed by atoms with van der Waals surface area (Å²) in [7, 11) is 0. The van der Waals surface area contributed by atoms with Crippen molar-refractivity contribution in [2.75, 3.05) is 26.3 Å². The summed E-state index contributed by atoms with van der Waals surface area (Å²) in [6.07, 6.45) is 3.30. The second-order valence-corrected chi connectivity index (χ2v) is 8.40. The van der Waals surface area contributed by atoms with Crippen molar-refractivity contribution in [3.8, 4) is 5.75 Å². The average Bonchev–Trinajstić information content (AvgIpc) is 3.17. The number of halogens is 1. The van der Waals surface area contributed by atoms with E-state index in [2.05, 4.69) is 15.0 Å². The number of nitrogens with one attached hydrogen (secondary N) is 1. The minimum atomic E-state index is -0.304. The van der Waals surface area contributed by atoms with Crippen molar-refractivity contribution in [1.29, 1.82) is 0 Å². The quantitative estimate of drug-likeness (QED) is 0.674. The van der Waals surface area contributed by atoms with Crippen molar-refractivity contribution < 1.29 is 13.9 Å². The fraction of sp³-hybridized carbons (Fsp3) is 0.500. The number of rotatable bonds is 5. The molecule has 0 saturated carbocycles. The molecule has 5 rings (SSSR count). The van der Waals surface area contributed by atoms with E-state index in [1.54, 1.807) is 12.3 Å². The molecule has 3 aromatic rings. The number of aromatic nitrogens is 4. The fourth-order valence-corrected chi connectivity index (χ4v) is 4.26. The maximum Gasteiger partial charge on any atom is 0.262 e. The minimum absolute atomic E-state index is 0.0221. The molecule has 8 nitrogen and oxygen atoms in total. The van der Waals surface area contributed by atoms with E-state index >= 15 is 0 Å². The van der Waals surface area contributed by atoms with Gasteiger partial charge < -0.3 is 14.5 Å². The van der Waals surface area contributed by atoms with Crippen LogP contribution in [0.25, 0.3) is 11.0 Å². The first kappa shape index (κ1) is 20.1. The number of likely N-dealkylation sites (tertiary alicyclic amines) is 1. The maximum atomic E-state index is 13.5. The lowest BCUT2D eigenvalue weighted by atomic mass is 10.1. The van der Waals surface area contributed by atoms with Crippen molar-refractivity contribution >= 4 is 11.0 Å². The van der Waals surface area contributed by atoms with E-state index in [0.717, 1.165) is 18.4 Å². The SMILES string of the molecule is Cc1ccc(F)cc1OC1CN(C(C)c2nc3c(cnn3C3CCOCC3)c(=O)[nH]2)C1. The van der Waals surface area contributed by atoms with Gasteiger partial charge in [0.25, 0.3) is 5.56 Å². The van der Waals surface area contributed by atoms with Crippen LogP contribution in [0, 0.1) is 12.7 Å². The van der Waals surface area contributed by atoms with Gasteiger partial charge in [-0.25, -0.2) is 14.1 Å². The molecule has 0 aliphatic carbocycles. The van der Waals surface area contributed by atoms with E-state index in [0.29, 0.717) is 48.9 Å². The lowest BCUT2D eigenvalue weighted by Crippen LogP contribution is -2.54. The molecule has 0 bridgehead atoms. The second-order valence-electron chi connectivity index (χ2n) is 8.40. The number of fused-ring (bicyclic) bond motifs is 1. The monoisotopic (exact) mass is 427 g/mol. The molecule has 0 amide bonds. The normalized spacial score (nSPS) is 19.5. The van der Waals surface area contributed by atoms with Gasteiger partial charge in [-0.3, -0.25) is 9.69 Å². The van der Waals surface area contributed by atoms with Crippen molar-refractivity contribution in [2.45, 2.75) is 44.9 Å². The van der Waals surface area contributed by atoms with Crippen LogP contribution in [0.15, 0.2) is 29.2 Å². The maximum absolute atomic E-state index is 13.5. The lowest BCUT2D eigenvalue weighted by molar-refractivity contribution is -0.00782. The largest absolute Gasteiger partial charge is 0.487 e. The number of hydrogen-bond acceptors (Lipinski definition) is 6. The Morgan fingerprint density at radius 3 is 2.84 bits per heavy atom. The van der Waals surface area contributed by atoms with Crippen molar-refractivity contribution in [1.82, 2.24) is 24.6 Å². The zero-order valence-corrected chi connectivity index (χ0v) is 17.7. The highest BCUT2D eigenvalue weighted by atomic mass is 19.1. The average molecular weight is 427 g/mol. The number of hydrogen-bond donors (Lipinski definition) is 1. The van der Waals surface area contributed by atoms with Gasteiger partial charge in [0, 0.05) is 32.4 Å². The third-order valence-electron chi connectivity index (χ3n) is 6.28. The topological polar surface area (TPSA) is 85.3 Å². The van der Waals surface area contributed by atoms with Gasteiger partial charge in [0.1, 0.15) is 28.9 Å². The van der Waals surface area contributed by atoms with Gasteiger partial charge in [0.2, 0.25) is 0 Å². The molecule has 2 aliphatic rings. The molecule has 0 radical (unpaired) electrons. The summed E-state index contributed by atoms with van der Waals surface area (Å²) in [6, 6.07) is 4.69. The number of aryl methyl sites for hydroxylation is 1. The van der Waals surface area contributed by atoms with Crippen LogP contribution in [0.3, 0.4) is 0 Å². The summed E-state index contributed by atoms with van der Waals surface area (Å²) in [4.78, 5) is 22.5. The van der Waals surface area contributed by atoms with E-state index in [1.807, 2.05) is 18.5 Å². The van der Waals surface area contributed by atoms with Gasteiger partial charge >= 0.3 is 0 Å². The Kier molecular flexibility index (Phi) is 5.23. The molecule has 2 aromatic heterocycles. The summed E-state index contributed by atoms with van der Waals surface area (Å²) in [5, 5.41) is 4.96. The number of nitrogens with zero attached hydrogens (tertiary/aromatic N) is 4. The van der Waals surface area contributed by atoms with Crippen LogP contribution < -0.4 is 10.3 Å². The number of H-pyrrole nitrogens is 1. The van der Waals surface area contributed by atoms with Gasteiger partial charge in [-0.1, -0.05) is 6.07 Å². The molecule has 164 valence electrons. The van der Waals surface area contributed by atoms with Crippen molar-refractivity contribution in [3.05, 3.63) is 52.0 Å². The molecule has 1 aromatic carbocycles. The third-order valence-corrected chi connectivity index (χ3v) is 6.28. The zero-order valence-electron chi connectivity index (χ0n) is 17.7. The molecule has 4 heterocycles. The van der Waals surface area contributed by atoms with Gasteiger partial charge in [0.05, 0.1) is 18.3 Å². The Bertz CT molecular complexity index is 1150. The van der Waals surface area contributed by atoms with E-state index in [-0.39, 0.29) is 29.6 Å². The molecule has 0 spiro atoms. The van der Waals surface area contributed by atoms with Gasteiger partial charge in [-0.05, 0) is 38.3 Å². The smallest absolute Gasteiger partial charge is 0.262 e. The van der Waals surface area contributed by atoms with Gasteiger partial charge in [-0.15, -0.1) is 0 Å². The van der Waals surface area contributed by atoms with Crippen LogP contribution in [0.5, 0.6) is 5.75 Å². The molecule has 1 unspecified atom stereocenters. The highest BCUT2D eigenvalue weighted by molar-refractivity contribution is 5.73. The van der Waals surface area contributed by atoms with Crippen molar-refractivity contribution in [2.24, 2.45) is 0 Å². The molecule has 2 fully saturated rings. The summed E-state index contributed by atoms with van der Waals surface area (Å²) in [5.74, 6) is 0.888. The van der Waals surface area contributed by atoms with Crippen LogP contribution in [0.1, 0.15) is 43.2 Å². The van der Waals surface area contributed by atoms with Crippen LogP contribution in [0.2, 0.25) is 0 Å². The lowest BCUT2D eigenvalue weighted by Gasteiger charge is -2.42. The Balaban J connectivity index is 1.31. The number of aromatic amines is 1. The summed E-state index contributed by atoms with van der Waals surface area (Å²) >= 11 is 0. The van der Waals surface area contributed by atoms with Gasteiger partial charge in [0.15, 0.2) is 5.65 Å². The van der Waals surface area contributed by atoms with Crippen LogP contribution >= 0.6 is 0 Å². The first-order chi connectivity index (χ1) is 15.0. The van der Waals surface area contributed by atoms with Crippen LogP contribution in [-0.2, 0) is 4.74 Å². The fourth-order valence-electron chi connectivity index (χ4n) is 4.26. The Labute approximate surface area is 179 Å². The standard InChI is InChI=1S/C22H26FN5O3/c1-13-3-4-15(23)9-19(13)31-17-11-27(12-17)14(2)20-25-21-18(22(29)26-20)10-24-28(21)16-5-7-30-8-6-16/h3-4,9-10,14,16-17H,5-8,11-12H2,1-2H3,(H,25,26,29). The summed E-state index contributed by atoms with van der Waals surface area (Å²) in [5.41, 5.74) is 1.36. The number of ether oxygens (including phenoxy) is 2. The Morgan fingerprint density at radius 1 is 1.29 bits per heavy atom. The molecular weight excluding hydrogens is 401 g/mol. The zero-order chi connectivity index (χ0) is 21.5. The molecule has 2 aliphatic heterocycles. The predicted molar refractivity (Wildman–Crippen MR) is 113 cm³/mol. The summed E-state index contributed by atoms with van der Waals surface area (Å²) < 4.78 is 26.8. The Morgan fingerprint density at radius 2 is 2.06 bits per heavy atom. The number of benzene rings is 1. The minimum Gasteiger partial charge on any atom is -0.487 e. The van der Waals surface area contributed by atoms with E-state index < -0.39 is 0 Å². The van der Waals surface area contributed by atoms with E-state index in [1.165, 1.54) is 12.1 Å². The first-order valence-corrected chi connectivity index (χ1v) is 10.7. The second kappa shape index (κ2) is 8.05. The molecule has 2 saturated heterocycles. The van der Waals surface area contributed by atoms with Gasteiger partial charge in [-0.2, -0.15) is 5.10 Å². The van der Waals surface area contributed by atoms with Crippen LogP contribution in [0.4, 0.5) is 4.39 Å². The highest BCUT2D eigenvalue weighted by Gasteiger charge is 2.34. The Hall–Kier alpha value is -2.78. The molecule has 1 N–H and O–H groups in total. The molecular formula is C22H26FN5O3. The van der Waals surface area contributed by atoms with Crippen LogP contribution in [-0.4, -0.2) is 57.1 Å². The molecule has 1 atom stereocenters. The first-order valence-electron chi connectivity index (χ1n) is 10.7. The van der Waals surface area contributed by atoms with E-state index in [4.69, 9.17) is 14.5 Å². The van der Waals surface area contributed by atoms with E-state index in [9.17, 15) is 9.18 Å².